The van der Waals surface area contributed by atoms with Gasteiger partial charge in [-0.05, 0) is 53.2 Å². The molecule has 4 rings (SSSR count). The molecule has 0 unspecified atom stereocenters. The molecule has 2 saturated heterocycles. The fraction of sp³-hybridized carbons (Fsp3) is 0.261. The largest absolute Gasteiger partial charge is 0.489 e. The lowest BCUT2D eigenvalue weighted by Gasteiger charge is -2.28. The highest BCUT2D eigenvalue weighted by molar-refractivity contribution is 8.18. The summed E-state index contributed by atoms with van der Waals surface area (Å²) in [6, 6.07) is 14.6. The average Bonchev–Trinajstić information content (AvgIpc) is 3.07. The summed E-state index contributed by atoms with van der Waals surface area (Å²) in [6.45, 7) is 2.03. The van der Waals surface area contributed by atoms with Gasteiger partial charge >= 0.3 is 0 Å². The van der Waals surface area contributed by atoms with Gasteiger partial charge in [-0.2, -0.15) is 0 Å². The van der Waals surface area contributed by atoms with Crippen LogP contribution in [0.1, 0.15) is 11.1 Å². The van der Waals surface area contributed by atoms with Crippen LogP contribution in [0.2, 0.25) is 5.02 Å². The minimum Gasteiger partial charge on any atom is -0.489 e. The molecule has 2 heterocycles. The van der Waals surface area contributed by atoms with Crippen molar-refractivity contribution in [2.75, 3.05) is 32.8 Å². The Morgan fingerprint density at radius 1 is 1.06 bits per heavy atom. The third-order valence-corrected chi connectivity index (χ3v) is 6.19. The van der Waals surface area contributed by atoms with Crippen LogP contribution in [0.5, 0.6) is 5.75 Å². The molecule has 2 aromatic carbocycles. The molecule has 0 atom stereocenters. The monoisotopic (exact) mass is 472 g/mol. The zero-order valence-electron chi connectivity index (χ0n) is 17.2. The Kier molecular flexibility index (Phi) is 7.14. The van der Waals surface area contributed by atoms with Crippen LogP contribution in [0.25, 0.3) is 6.08 Å². The van der Waals surface area contributed by atoms with Crippen LogP contribution in [0, 0.1) is 0 Å². The van der Waals surface area contributed by atoms with Crippen LogP contribution < -0.4 is 4.74 Å². The number of ether oxygens (including phenoxy) is 2. The molecule has 2 aliphatic rings. The first-order valence-electron chi connectivity index (χ1n) is 10.1. The first kappa shape index (κ1) is 22.4. The molecule has 0 aromatic heterocycles. The summed E-state index contributed by atoms with van der Waals surface area (Å²) < 4.78 is 11.0. The number of hydrogen-bond donors (Lipinski definition) is 0. The van der Waals surface area contributed by atoms with E-state index in [9.17, 15) is 14.4 Å². The van der Waals surface area contributed by atoms with E-state index >= 15 is 0 Å². The Morgan fingerprint density at radius 3 is 2.44 bits per heavy atom. The number of morpholine rings is 1. The van der Waals surface area contributed by atoms with Gasteiger partial charge in [0.1, 0.15) is 18.9 Å². The lowest BCUT2D eigenvalue weighted by atomic mass is 10.2. The second-order valence-corrected chi connectivity index (χ2v) is 8.67. The predicted molar refractivity (Wildman–Crippen MR) is 122 cm³/mol. The summed E-state index contributed by atoms with van der Waals surface area (Å²) in [6.07, 6.45) is 1.65. The molecule has 0 spiro atoms. The van der Waals surface area contributed by atoms with Gasteiger partial charge in [0.05, 0.1) is 18.1 Å². The molecule has 0 radical (unpaired) electrons. The van der Waals surface area contributed by atoms with Crippen molar-refractivity contribution < 1.29 is 23.9 Å². The number of amides is 3. The van der Waals surface area contributed by atoms with Crippen molar-refractivity contribution in [1.29, 1.82) is 0 Å². The SMILES string of the molecule is O=C(CN1C(=O)S/C(=C/c2ccc(OCc3ccc(Cl)cc3)cc2)C1=O)N1CCOCC1. The number of halogens is 1. The smallest absolute Gasteiger partial charge is 0.294 e. The summed E-state index contributed by atoms with van der Waals surface area (Å²) in [5.74, 6) is -0.0231. The van der Waals surface area contributed by atoms with Gasteiger partial charge in [0, 0.05) is 18.1 Å². The lowest BCUT2D eigenvalue weighted by Crippen LogP contribution is -2.46. The van der Waals surface area contributed by atoms with E-state index in [-0.39, 0.29) is 12.5 Å². The number of carbonyl (C=O) groups is 3. The zero-order chi connectivity index (χ0) is 22.5. The van der Waals surface area contributed by atoms with Gasteiger partial charge in [0.2, 0.25) is 5.91 Å². The molecule has 2 fully saturated rings. The molecule has 0 N–H and O–H groups in total. The van der Waals surface area contributed by atoms with E-state index in [4.69, 9.17) is 21.1 Å². The number of imide groups is 1. The number of nitrogens with zero attached hydrogens (tertiary/aromatic N) is 2. The quantitative estimate of drug-likeness (QED) is 0.595. The third-order valence-electron chi connectivity index (χ3n) is 5.03. The highest BCUT2D eigenvalue weighted by Crippen LogP contribution is 2.32. The van der Waals surface area contributed by atoms with E-state index < -0.39 is 11.1 Å². The fourth-order valence-electron chi connectivity index (χ4n) is 3.24. The lowest BCUT2D eigenvalue weighted by molar-refractivity contribution is -0.139. The molecule has 32 heavy (non-hydrogen) atoms. The molecule has 2 aromatic rings. The number of carbonyl (C=O) groups excluding carboxylic acids is 3. The average molecular weight is 473 g/mol. The molecule has 0 bridgehead atoms. The van der Waals surface area contributed by atoms with Crippen molar-refractivity contribution in [2.45, 2.75) is 6.61 Å². The summed E-state index contributed by atoms with van der Waals surface area (Å²) in [7, 11) is 0. The molecule has 0 aliphatic carbocycles. The maximum atomic E-state index is 12.7. The van der Waals surface area contributed by atoms with Gasteiger partial charge in [0.25, 0.3) is 11.1 Å². The Labute approximate surface area is 194 Å². The molecular weight excluding hydrogens is 452 g/mol. The number of rotatable bonds is 6. The number of benzene rings is 2. The van der Waals surface area contributed by atoms with Crippen molar-refractivity contribution in [3.8, 4) is 5.75 Å². The van der Waals surface area contributed by atoms with E-state index in [0.29, 0.717) is 48.6 Å². The number of thioether (sulfide) groups is 1. The minimum absolute atomic E-state index is 0.251. The fourth-order valence-corrected chi connectivity index (χ4v) is 4.21. The topological polar surface area (TPSA) is 76.2 Å². The van der Waals surface area contributed by atoms with E-state index in [2.05, 4.69) is 0 Å². The normalized spacial score (nSPS) is 17.8. The van der Waals surface area contributed by atoms with Gasteiger partial charge < -0.3 is 14.4 Å². The summed E-state index contributed by atoms with van der Waals surface area (Å²) in [5, 5.41) is 0.235. The molecule has 0 saturated carbocycles. The molecule has 166 valence electrons. The molecular formula is C23H21ClN2O5S. The van der Waals surface area contributed by atoms with Crippen molar-refractivity contribution in [3.05, 3.63) is 69.6 Å². The van der Waals surface area contributed by atoms with Crippen molar-refractivity contribution in [2.24, 2.45) is 0 Å². The molecule has 7 nitrogen and oxygen atoms in total. The molecule has 3 amide bonds. The summed E-state index contributed by atoms with van der Waals surface area (Å²) in [5.41, 5.74) is 1.76. The van der Waals surface area contributed by atoms with Crippen LogP contribution >= 0.6 is 23.4 Å². The van der Waals surface area contributed by atoms with Gasteiger partial charge in [-0.1, -0.05) is 35.9 Å². The Morgan fingerprint density at radius 2 is 1.75 bits per heavy atom. The second-order valence-electron chi connectivity index (χ2n) is 7.25. The van der Waals surface area contributed by atoms with Crippen LogP contribution in [-0.2, 0) is 20.9 Å². The van der Waals surface area contributed by atoms with Crippen LogP contribution in [0.15, 0.2) is 53.4 Å². The Hall–Kier alpha value is -2.81. The third kappa shape index (κ3) is 5.51. The van der Waals surface area contributed by atoms with Crippen LogP contribution in [-0.4, -0.2) is 59.7 Å². The summed E-state index contributed by atoms with van der Waals surface area (Å²) >= 11 is 6.72. The molecule has 2 aliphatic heterocycles. The standard InChI is InChI=1S/C23H21ClN2O5S/c24-18-5-1-17(2-6-18)15-31-19-7-3-16(4-8-19)13-20-22(28)26(23(29)32-20)14-21(27)25-9-11-30-12-10-25/h1-8,13H,9-12,14-15H2/b20-13+. The molecule has 9 heteroatoms. The first-order valence-corrected chi connectivity index (χ1v) is 11.3. The van der Waals surface area contributed by atoms with Crippen molar-refractivity contribution in [1.82, 2.24) is 9.80 Å². The number of hydrogen-bond acceptors (Lipinski definition) is 6. The van der Waals surface area contributed by atoms with Gasteiger partial charge in [-0.15, -0.1) is 0 Å². The van der Waals surface area contributed by atoms with Crippen LogP contribution in [0.4, 0.5) is 4.79 Å². The van der Waals surface area contributed by atoms with E-state index in [1.165, 1.54) is 0 Å². The minimum atomic E-state index is -0.454. The highest BCUT2D eigenvalue weighted by Gasteiger charge is 2.37. The maximum absolute atomic E-state index is 12.7. The van der Waals surface area contributed by atoms with Gasteiger partial charge in [-0.3, -0.25) is 19.3 Å². The highest BCUT2D eigenvalue weighted by atomic mass is 35.5. The summed E-state index contributed by atoms with van der Waals surface area (Å²) in [4.78, 5) is 40.3. The first-order chi connectivity index (χ1) is 15.5. The van der Waals surface area contributed by atoms with Crippen molar-refractivity contribution >= 4 is 46.5 Å². The predicted octanol–water partition coefficient (Wildman–Crippen LogP) is 3.81. The van der Waals surface area contributed by atoms with Crippen molar-refractivity contribution in [3.63, 3.8) is 0 Å². The van der Waals surface area contributed by atoms with Gasteiger partial charge in [0.15, 0.2) is 0 Å². The van der Waals surface area contributed by atoms with E-state index in [0.717, 1.165) is 27.8 Å². The van der Waals surface area contributed by atoms with Crippen LogP contribution in [0.3, 0.4) is 0 Å². The Balaban J connectivity index is 1.35. The van der Waals surface area contributed by atoms with E-state index in [1.54, 1.807) is 23.1 Å². The second kappa shape index (κ2) is 10.2. The van der Waals surface area contributed by atoms with E-state index in [1.807, 2.05) is 36.4 Å². The zero-order valence-corrected chi connectivity index (χ0v) is 18.7. The van der Waals surface area contributed by atoms with Gasteiger partial charge in [-0.25, -0.2) is 0 Å². The Bertz CT molecular complexity index is 1030. The maximum Gasteiger partial charge on any atom is 0.294 e.